The predicted molar refractivity (Wildman–Crippen MR) is 118 cm³/mol. The average molecular weight is 448 g/mol. The van der Waals surface area contributed by atoms with Gasteiger partial charge in [0.15, 0.2) is 5.82 Å². The minimum atomic E-state index is -0.514. The van der Waals surface area contributed by atoms with E-state index in [1.165, 1.54) is 34.3 Å². The third-order valence-corrected chi connectivity index (χ3v) is 5.71. The van der Waals surface area contributed by atoms with Gasteiger partial charge in [-0.05, 0) is 60.7 Å². The van der Waals surface area contributed by atoms with E-state index in [0.717, 1.165) is 17.7 Å². The Morgan fingerprint density at radius 3 is 2.53 bits per heavy atom. The third kappa shape index (κ3) is 4.26. The number of pyridine rings is 1. The van der Waals surface area contributed by atoms with Crippen molar-refractivity contribution in [3.63, 3.8) is 0 Å². The highest BCUT2D eigenvalue weighted by Gasteiger charge is 2.29. The summed E-state index contributed by atoms with van der Waals surface area (Å²) in [6.45, 7) is 0. The molecule has 0 atom stereocenters. The summed E-state index contributed by atoms with van der Waals surface area (Å²) >= 11 is 1.46. The lowest BCUT2D eigenvalue weighted by Crippen LogP contribution is -2.16. The number of carbonyl (C=O) groups is 2. The molecule has 160 valence electrons. The van der Waals surface area contributed by atoms with Crippen molar-refractivity contribution in [2.24, 2.45) is 5.92 Å². The van der Waals surface area contributed by atoms with Crippen LogP contribution in [0.2, 0.25) is 0 Å². The summed E-state index contributed by atoms with van der Waals surface area (Å²) in [5.74, 6) is 0.0337. The van der Waals surface area contributed by atoms with Gasteiger partial charge in [-0.2, -0.15) is 0 Å². The highest BCUT2D eigenvalue weighted by molar-refractivity contribution is 7.13. The first-order valence-corrected chi connectivity index (χ1v) is 10.8. The normalized spacial score (nSPS) is 13.0. The lowest BCUT2D eigenvalue weighted by Gasteiger charge is -2.05. The molecule has 2 amide bonds. The molecular formula is C22H17FN6O2S. The van der Waals surface area contributed by atoms with E-state index >= 15 is 0 Å². The van der Waals surface area contributed by atoms with Crippen molar-refractivity contribution in [3.8, 4) is 16.4 Å². The van der Waals surface area contributed by atoms with Crippen LogP contribution in [-0.2, 0) is 4.79 Å². The Bertz CT molecular complexity index is 1270. The van der Waals surface area contributed by atoms with Crippen LogP contribution in [0.5, 0.6) is 0 Å². The van der Waals surface area contributed by atoms with Crippen LogP contribution in [0.15, 0.2) is 60.1 Å². The van der Waals surface area contributed by atoms with Crippen LogP contribution in [0.4, 0.5) is 15.9 Å². The average Bonchev–Trinajstić information content (AvgIpc) is 3.32. The molecule has 0 spiro atoms. The number of aromatic nitrogens is 4. The number of amides is 2. The molecule has 0 unspecified atom stereocenters. The Labute approximate surface area is 186 Å². The van der Waals surface area contributed by atoms with Gasteiger partial charge in [-0.1, -0.05) is 6.07 Å². The quantitative estimate of drug-likeness (QED) is 0.462. The molecule has 1 aliphatic rings. The summed E-state index contributed by atoms with van der Waals surface area (Å²) in [6, 6.07) is 12.8. The fourth-order valence-corrected chi connectivity index (χ4v) is 3.74. The second kappa shape index (κ2) is 8.31. The Morgan fingerprint density at radius 2 is 1.88 bits per heavy atom. The molecule has 0 saturated heterocycles. The first kappa shape index (κ1) is 20.0. The highest BCUT2D eigenvalue weighted by atomic mass is 32.1. The Balaban J connectivity index is 1.37. The minimum Gasteiger partial charge on any atom is -0.318 e. The van der Waals surface area contributed by atoms with Crippen molar-refractivity contribution >= 4 is 34.7 Å². The van der Waals surface area contributed by atoms with Crippen molar-refractivity contribution in [3.05, 3.63) is 71.7 Å². The lowest BCUT2D eigenvalue weighted by atomic mass is 10.3. The molecule has 4 aromatic rings. The van der Waals surface area contributed by atoms with E-state index in [1.54, 1.807) is 24.3 Å². The summed E-state index contributed by atoms with van der Waals surface area (Å²) in [5, 5.41) is 11.7. The lowest BCUT2D eigenvalue weighted by molar-refractivity contribution is -0.117. The van der Waals surface area contributed by atoms with Crippen molar-refractivity contribution < 1.29 is 14.0 Å². The van der Waals surface area contributed by atoms with Gasteiger partial charge in [0.25, 0.3) is 5.91 Å². The van der Waals surface area contributed by atoms with Crippen molar-refractivity contribution in [1.82, 2.24) is 19.7 Å². The van der Waals surface area contributed by atoms with Crippen molar-refractivity contribution in [1.29, 1.82) is 0 Å². The van der Waals surface area contributed by atoms with Gasteiger partial charge in [0.05, 0.1) is 22.4 Å². The fraction of sp³-hybridized carbons (Fsp3) is 0.136. The molecule has 10 heteroatoms. The molecule has 0 radical (unpaired) electrons. The largest absolute Gasteiger partial charge is 0.318 e. The number of rotatable bonds is 6. The second-order valence-corrected chi connectivity index (χ2v) is 8.22. The molecule has 0 aliphatic heterocycles. The van der Waals surface area contributed by atoms with Gasteiger partial charge >= 0.3 is 0 Å². The Hall–Kier alpha value is -3.92. The molecule has 1 aliphatic carbocycles. The Morgan fingerprint density at radius 1 is 1.06 bits per heavy atom. The topological polar surface area (TPSA) is 102 Å². The number of nitrogens with zero attached hydrogens (tertiary/aromatic N) is 4. The number of hydrogen-bond acceptors (Lipinski definition) is 6. The number of anilines is 2. The zero-order valence-corrected chi connectivity index (χ0v) is 17.5. The van der Waals surface area contributed by atoms with Crippen LogP contribution < -0.4 is 10.6 Å². The summed E-state index contributed by atoms with van der Waals surface area (Å²) in [4.78, 5) is 34.0. The van der Waals surface area contributed by atoms with E-state index in [1.807, 2.05) is 17.5 Å². The molecule has 3 aromatic heterocycles. The van der Waals surface area contributed by atoms with E-state index in [-0.39, 0.29) is 23.5 Å². The predicted octanol–water partition coefficient (Wildman–Crippen LogP) is 4.13. The van der Waals surface area contributed by atoms with Crippen LogP contribution in [0.3, 0.4) is 0 Å². The number of halogens is 1. The molecule has 8 nitrogen and oxygen atoms in total. The van der Waals surface area contributed by atoms with Crippen molar-refractivity contribution in [2.75, 3.05) is 10.6 Å². The number of nitrogens with one attached hydrogen (secondary N) is 2. The molecule has 5 rings (SSSR count). The second-order valence-electron chi connectivity index (χ2n) is 7.27. The number of hydrogen-bond donors (Lipinski definition) is 2. The van der Waals surface area contributed by atoms with Crippen molar-refractivity contribution in [2.45, 2.75) is 12.8 Å². The molecule has 1 saturated carbocycles. The van der Waals surface area contributed by atoms with E-state index in [0.29, 0.717) is 23.0 Å². The molecule has 1 aromatic carbocycles. The highest BCUT2D eigenvalue weighted by Crippen LogP contribution is 2.30. The molecule has 32 heavy (non-hydrogen) atoms. The number of carbonyl (C=O) groups excluding carboxylic acids is 2. The summed E-state index contributed by atoms with van der Waals surface area (Å²) < 4.78 is 14.9. The van der Waals surface area contributed by atoms with Crippen LogP contribution in [0.25, 0.3) is 16.4 Å². The van der Waals surface area contributed by atoms with Gasteiger partial charge in [0, 0.05) is 5.92 Å². The standard InChI is InChI=1S/C22H17FN6O2S/c23-14-5-8-16(9-6-14)29-20(17-2-1-11-32-17)27-19(28-29)22(31)25-15-7-10-18(24-12-15)26-21(30)13-3-4-13/h1-2,5-13H,3-4H2,(H,25,31)(H,24,26,30). The smallest absolute Gasteiger partial charge is 0.295 e. The molecule has 1 fully saturated rings. The minimum absolute atomic E-state index is 0.0362. The molecule has 2 N–H and O–H groups in total. The molecule has 3 heterocycles. The maximum atomic E-state index is 13.4. The van der Waals surface area contributed by atoms with Gasteiger partial charge in [0.2, 0.25) is 11.7 Å². The van der Waals surface area contributed by atoms with E-state index in [4.69, 9.17) is 0 Å². The van der Waals surface area contributed by atoms with Gasteiger partial charge in [-0.25, -0.2) is 19.0 Å². The van der Waals surface area contributed by atoms with Crippen LogP contribution in [0, 0.1) is 11.7 Å². The fourth-order valence-electron chi connectivity index (χ4n) is 3.04. The Kier molecular flexibility index (Phi) is 5.20. The van der Waals surface area contributed by atoms with Crippen LogP contribution in [0.1, 0.15) is 23.5 Å². The first-order valence-electron chi connectivity index (χ1n) is 9.92. The monoisotopic (exact) mass is 448 g/mol. The maximum absolute atomic E-state index is 13.4. The van der Waals surface area contributed by atoms with Crippen LogP contribution in [-0.4, -0.2) is 31.6 Å². The van der Waals surface area contributed by atoms with E-state index in [2.05, 4.69) is 25.7 Å². The zero-order chi connectivity index (χ0) is 22.1. The van der Waals surface area contributed by atoms with E-state index in [9.17, 15) is 14.0 Å². The first-order chi connectivity index (χ1) is 15.6. The van der Waals surface area contributed by atoms with E-state index < -0.39 is 5.91 Å². The third-order valence-electron chi connectivity index (χ3n) is 4.84. The van der Waals surface area contributed by atoms with Gasteiger partial charge in [0.1, 0.15) is 11.6 Å². The molecular weight excluding hydrogens is 431 g/mol. The summed E-state index contributed by atoms with van der Waals surface area (Å²) in [7, 11) is 0. The maximum Gasteiger partial charge on any atom is 0.295 e. The zero-order valence-electron chi connectivity index (χ0n) is 16.7. The SMILES string of the molecule is O=C(Nc1ccc(NC(=O)C2CC2)nc1)c1nc(-c2cccs2)n(-c2ccc(F)cc2)n1. The van der Waals surface area contributed by atoms with Gasteiger partial charge < -0.3 is 10.6 Å². The molecule has 0 bridgehead atoms. The van der Waals surface area contributed by atoms with Crippen LogP contribution >= 0.6 is 11.3 Å². The van der Waals surface area contributed by atoms with Gasteiger partial charge in [-0.3, -0.25) is 9.59 Å². The van der Waals surface area contributed by atoms with Gasteiger partial charge in [-0.15, -0.1) is 16.4 Å². The number of thiophene rings is 1. The summed E-state index contributed by atoms with van der Waals surface area (Å²) in [6.07, 6.45) is 3.27. The number of benzene rings is 1. The summed E-state index contributed by atoms with van der Waals surface area (Å²) in [5.41, 5.74) is 1.02.